The molecule has 2 heterocycles. The van der Waals surface area contributed by atoms with E-state index in [-0.39, 0.29) is 12.3 Å². The van der Waals surface area contributed by atoms with Crippen LogP contribution in [0.4, 0.5) is 13.2 Å². The van der Waals surface area contributed by atoms with Crippen molar-refractivity contribution in [1.29, 1.82) is 0 Å². The largest absolute Gasteiger partial charge is 0.486 e. The Bertz CT molecular complexity index is 1000. The smallest absolute Gasteiger partial charge is 0.416 e. The van der Waals surface area contributed by atoms with Crippen LogP contribution in [0.3, 0.4) is 0 Å². The number of halogens is 3. The van der Waals surface area contributed by atoms with Gasteiger partial charge in [0, 0.05) is 18.7 Å². The molecule has 2 aromatic carbocycles. The molecule has 0 spiro atoms. The van der Waals surface area contributed by atoms with E-state index in [9.17, 15) is 18.0 Å². The highest BCUT2D eigenvalue weighted by atomic mass is 19.4. The fourth-order valence-electron chi connectivity index (χ4n) is 4.25. The van der Waals surface area contributed by atoms with Crippen molar-refractivity contribution in [2.45, 2.75) is 31.9 Å². The highest BCUT2D eigenvalue weighted by Crippen LogP contribution is 2.32. The van der Waals surface area contributed by atoms with Crippen LogP contribution >= 0.6 is 0 Å². The highest BCUT2D eigenvalue weighted by Gasteiger charge is 2.30. The van der Waals surface area contributed by atoms with Gasteiger partial charge in [0.2, 0.25) is 5.91 Å². The Kier molecular flexibility index (Phi) is 7.33. The van der Waals surface area contributed by atoms with Crippen molar-refractivity contribution in [3.05, 3.63) is 59.2 Å². The Morgan fingerprint density at radius 1 is 1.03 bits per heavy atom. The minimum absolute atomic E-state index is 0.00359. The molecular formula is C25H27F3N2O3. The van der Waals surface area contributed by atoms with Crippen molar-refractivity contribution in [1.82, 2.24) is 4.90 Å². The molecule has 1 fully saturated rings. The number of aliphatic imine (C=N–C) groups is 1. The van der Waals surface area contributed by atoms with Crippen molar-refractivity contribution < 1.29 is 27.4 Å². The van der Waals surface area contributed by atoms with Gasteiger partial charge in [-0.3, -0.25) is 4.79 Å². The normalized spacial score (nSPS) is 17.4. The summed E-state index contributed by atoms with van der Waals surface area (Å²) in [7, 11) is 0. The van der Waals surface area contributed by atoms with Crippen LogP contribution in [0.1, 0.15) is 29.5 Å². The zero-order valence-electron chi connectivity index (χ0n) is 18.3. The summed E-state index contributed by atoms with van der Waals surface area (Å²) in [5, 5.41) is 0. The van der Waals surface area contributed by atoms with Crippen molar-refractivity contribution in [3.8, 4) is 11.5 Å². The van der Waals surface area contributed by atoms with Gasteiger partial charge in [0.1, 0.15) is 13.2 Å². The molecule has 0 aromatic heterocycles. The van der Waals surface area contributed by atoms with Crippen molar-refractivity contribution in [2.24, 2.45) is 10.9 Å². The molecule has 1 amide bonds. The summed E-state index contributed by atoms with van der Waals surface area (Å²) in [6.07, 6.45) is 0.0386. The van der Waals surface area contributed by atoms with Gasteiger partial charge in [-0.05, 0) is 61.7 Å². The molecule has 1 atom stereocenters. The first kappa shape index (κ1) is 23.3. The summed E-state index contributed by atoms with van der Waals surface area (Å²) in [4.78, 5) is 18.9. The first-order chi connectivity index (χ1) is 15.9. The maximum atomic E-state index is 12.9. The number of benzene rings is 2. The molecule has 2 aromatic rings. The molecule has 4 rings (SSSR count). The SMILES string of the molecule is O=C(Cc1cccc(C(F)(F)F)c1)N=C[C@@H](Cc1ccc2c(c1)OCCO2)CN1CCCC1. The van der Waals surface area contributed by atoms with E-state index in [1.807, 2.05) is 18.2 Å². The van der Waals surface area contributed by atoms with E-state index in [0.29, 0.717) is 25.2 Å². The first-order valence-electron chi connectivity index (χ1n) is 11.2. The number of rotatable bonds is 7. The maximum absolute atomic E-state index is 12.9. The Balaban J connectivity index is 1.44. The highest BCUT2D eigenvalue weighted by molar-refractivity contribution is 5.87. The maximum Gasteiger partial charge on any atom is 0.416 e. The van der Waals surface area contributed by atoms with Crippen molar-refractivity contribution in [3.63, 3.8) is 0 Å². The van der Waals surface area contributed by atoms with Gasteiger partial charge in [-0.15, -0.1) is 0 Å². The molecule has 8 heteroatoms. The van der Waals surface area contributed by atoms with Gasteiger partial charge in [-0.25, -0.2) is 4.99 Å². The minimum atomic E-state index is -4.44. The molecule has 0 N–H and O–H groups in total. The first-order valence-corrected chi connectivity index (χ1v) is 11.2. The van der Waals surface area contributed by atoms with Gasteiger partial charge in [-0.1, -0.05) is 24.3 Å². The molecule has 0 radical (unpaired) electrons. The van der Waals surface area contributed by atoms with Crippen LogP contribution in [0.2, 0.25) is 0 Å². The predicted molar refractivity (Wildman–Crippen MR) is 119 cm³/mol. The summed E-state index contributed by atoms with van der Waals surface area (Å²) in [6.45, 7) is 3.85. The second-order valence-corrected chi connectivity index (χ2v) is 8.50. The van der Waals surface area contributed by atoms with Crippen LogP contribution in [-0.2, 0) is 23.8 Å². The van der Waals surface area contributed by atoms with E-state index < -0.39 is 17.6 Å². The second kappa shape index (κ2) is 10.4. The van der Waals surface area contributed by atoms with Gasteiger partial charge < -0.3 is 14.4 Å². The van der Waals surface area contributed by atoms with E-state index in [4.69, 9.17) is 9.47 Å². The number of amides is 1. The topological polar surface area (TPSA) is 51.1 Å². The number of carbonyl (C=O) groups is 1. The second-order valence-electron chi connectivity index (χ2n) is 8.50. The number of carbonyl (C=O) groups excluding carboxylic acids is 1. The molecule has 33 heavy (non-hydrogen) atoms. The number of nitrogens with zero attached hydrogens (tertiary/aromatic N) is 2. The Hall–Kier alpha value is -2.87. The van der Waals surface area contributed by atoms with Crippen molar-refractivity contribution >= 4 is 12.1 Å². The lowest BCUT2D eigenvalue weighted by Crippen LogP contribution is -2.29. The number of ether oxygens (including phenoxy) is 2. The lowest BCUT2D eigenvalue weighted by atomic mass is 9.99. The fraction of sp³-hybridized carbons (Fsp3) is 0.440. The number of alkyl halides is 3. The van der Waals surface area contributed by atoms with E-state index in [1.54, 1.807) is 6.21 Å². The summed E-state index contributed by atoms with van der Waals surface area (Å²) < 4.78 is 50.0. The molecule has 2 aliphatic rings. The molecule has 5 nitrogen and oxygen atoms in total. The number of likely N-dealkylation sites (tertiary alicyclic amines) is 1. The average Bonchev–Trinajstić information content (AvgIpc) is 3.30. The summed E-state index contributed by atoms with van der Waals surface area (Å²) in [5.74, 6) is 0.987. The van der Waals surface area contributed by atoms with E-state index in [2.05, 4.69) is 9.89 Å². The van der Waals surface area contributed by atoms with Gasteiger partial charge in [-0.2, -0.15) is 13.2 Å². The van der Waals surface area contributed by atoms with E-state index in [1.165, 1.54) is 12.1 Å². The number of hydrogen-bond acceptors (Lipinski definition) is 4. The third-order valence-corrected chi connectivity index (χ3v) is 5.83. The molecule has 1 saturated heterocycles. The minimum Gasteiger partial charge on any atom is -0.486 e. The molecule has 0 bridgehead atoms. The third-order valence-electron chi connectivity index (χ3n) is 5.83. The van der Waals surface area contributed by atoms with Crippen molar-refractivity contribution in [2.75, 3.05) is 32.8 Å². The molecule has 0 saturated carbocycles. The van der Waals surface area contributed by atoms with Gasteiger partial charge in [0.25, 0.3) is 0 Å². The Morgan fingerprint density at radius 2 is 1.79 bits per heavy atom. The quantitative estimate of drug-likeness (QED) is 0.568. The lowest BCUT2D eigenvalue weighted by molar-refractivity contribution is -0.137. The summed E-state index contributed by atoms with van der Waals surface area (Å²) in [5.41, 5.74) is 0.595. The van der Waals surface area contributed by atoms with Crippen LogP contribution in [0.25, 0.3) is 0 Å². The van der Waals surface area contributed by atoms with E-state index in [0.717, 1.165) is 61.7 Å². The fourth-order valence-corrected chi connectivity index (χ4v) is 4.25. The van der Waals surface area contributed by atoms with Gasteiger partial charge in [0.05, 0.1) is 12.0 Å². The van der Waals surface area contributed by atoms with Gasteiger partial charge in [0.15, 0.2) is 11.5 Å². The molecule has 176 valence electrons. The zero-order chi connectivity index (χ0) is 23.3. The lowest BCUT2D eigenvalue weighted by Gasteiger charge is -2.22. The summed E-state index contributed by atoms with van der Waals surface area (Å²) >= 11 is 0. The van der Waals surface area contributed by atoms with Crippen LogP contribution in [0, 0.1) is 5.92 Å². The third kappa shape index (κ3) is 6.57. The number of fused-ring (bicyclic) bond motifs is 1. The Morgan fingerprint density at radius 3 is 2.55 bits per heavy atom. The predicted octanol–water partition coefficient (Wildman–Crippen LogP) is 4.57. The number of hydrogen-bond donors (Lipinski definition) is 0. The zero-order valence-corrected chi connectivity index (χ0v) is 18.3. The van der Waals surface area contributed by atoms with Gasteiger partial charge >= 0.3 is 6.18 Å². The standard InChI is InChI=1S/C25H27F3N2O3/c26-25(27,28)21-5-3-4-18(13-21)15-24(31)29-16-20(17-30-8-1-2-9-30)12-19-6-7-22-23(14-19)33-11-10-32-22/h3-7,13-14,16,20H,1-2,8-12,15,17H2/t20-/m1/s1. The van der Waals surface area contributed by atoms with Crippen LogP contribution in [-0.4, -0.2) is 49.9 Å². The van der Waals surface area contributed by atoms with Crippen LogP contribution < -0.4 is 9.47 Å². The van der Waals surface area contributed by atoms with Crippen LogP contribution in [0.5, 0.6) is 11.5 Å². The molecule has 0 aliphatic carbocycles. The molecule has 2 aliphatic heterocycles. The summed E-state index contributed by atoms with van der Waals surface area (Å²) in [6, 6.07) is 10.7. The molecular weight excluding hydrogens is 433 g/mol. The average molecular weight is 460 g/mol. The monoisotopic (exact) mass is 460 g/mol. The van der Waals surface area contributed by atoms with E-state index >= 15 is 0 Å². The van der Waals surface area contributed by atoms with Crippen LogP contribution in [0.15, 0.2) is 47.5 Å². The molecule has 0 unspecified atom stereocenters. The Labute approximate surface area is 191 Å².